The van der Waals surface area contributed by atoms with E-state index < -0.39 is 0 Å². The zero-order valence-corrected chi connectivity index (χ0v) is 12.6. The molecular weight excluding hydrogens is 238 g/mol. The molecule has 0 aromatic carbocycles. The summed E-state index contributed by atoms with van der Waals surface area (Å²) in [6.45, 7) is 5.72. The van der Waals surface area contributed by atoms with Gasteiger partial charge < -0.3 is 5.32 Å². The van der Waals surface area contributed by atoms with E-state index in [-0.39, 0.29) is 0 Å². The van der Waals surface area contributed by atoms with Gasteiger partial charge in [-0.15, -0.1) is 0 Å². The molecule has 1 heterocycles. The molecule has 1 unspecified atom stereocenters. The van der Waals surface area contributed by atoms with Crippen molar-refractivity contribution >= 4 is 11.3 Å². The molecule has 1 aromatic rings. The first-order valence-electron chi connectivity index (χ1n) is 7.50. The molecule has 2 heteroatoms. The Bertz CT molecular complexity index is 312. The molecule has 0 spiro atoms. The molecule has 0 saturated heterocycles. The highest BCUT2D eigenvalue weighted by Gasteiger charge is 2.24. The van der Waals surface area contributed by atoms with Gasteiger partial charge in [-0.2, -0.15) is 11.3 Å². The average Bonchev–Trinajstić information content (AvgIpc) is 3.01. The first-order chi connectivity index (χ1) is 8.75. The normalized spacial score (nSPS) is 18.6. The lowest BCUT2D eigenvalue weighted by molar-refractivity contribution is 0.297. The minimum Gasteiger partial charge on any atom is -0.314 e. The van der Waals surface area contributed by atoms with Crippen LogP contribution in [0.25, 0.3) is 0 Å². The van der Waals surface area contributed by atoms with E-state index in [0.29, 0.717) is 6.04 Å². The van der Waals surface area contributed by atoms with E-state index in [2.05, 4.69) is 36.0 Å². The maximum absolute atomic E-state index is 3.66. The average molecular weight is 265 g/mol. The SMILES string of the molecule is CC(C)NCC(CCc1ccsc1)C1CCCC1. The first-order valence-corrected chi connectivity index (χ1v) is 8.44. The third kappa shape index (κ3) is 4.40. The second-order valence-electron chi connectivity index (χ2n) is 6.04. The van der Waals surface area contributed by atoms with Crippen molar-refractivity contribution in [1.29, 1.82) is 0 Å². The molecule has 1 aliphatic rings. The first kappa shape index (κ1) is 14.1. The summed E-state index contributed by atoms with van der Waals surface area (Å²) in [5.74, 6) is 1.87. The van der Waals surface area contributed by atoms with Crippen LogP contribution >= 0.6 is 11.3 Å². The number of aryl methyl sites for hydroxylation is 1. The van der Waals surface area contributed by atoms with E-state index in [4.69, 9.17) is 0 Å². The Balaban J connectivity index is 1.82. The molecule has 1 aliphatic carbocycles. The summed E-state index contributed by atoms with van der Waals surface area (Å²) < 4.78 is 0. The third-order valence-corrected chi connectivity index (χ3v) is 4.97. The fourth-order valence-electron chi connectivity index (χ4n) is 3.11. The fourth-order valence-corrected chi connectivity index (χ4v) is 3.81. The summed E-state index contributed by atoms with van der Waals surface area (Å²) in [5, 5.41) is 8.16. The number of rotatable bonds is 7. The van der Waals surface area contributed by atoms with Crippen LogP contribution in [0.2, 0.25) is 0 Å². The molecule has 1 N–H and O–H groups in total. The van der Waals surface area contributed by atoms with Gasteiger partial charge in [-0.3, -0.25) is 0 Å². The molecule has 2 rings (SSSR count). The second-order valence-corrected chi connectivity index (χ2v) is 6.82. The Morgan fingerprint density at radius 1 is 1.33 bits per heavy atom. The second kappa shape index (κ2) is 7.30. The lowest BCUT2D eigenvalue weighted by Gasteiger charge is -2.25. The highest BCUT2D eigenvalue weighted by atomic mass is 32.1. The molecule has 0 bridgehead atoms. The summed E-state index contributed by atoms with van der Waals surface area (Å²) in [4.78, 5) is 0. The number of hydrogen-bond donors (Lipinski definition) is 1. The van der Waals surface area contributed by atoms with E-state index in [9.17, 15) is 0 Å². The van der Waals surface area contributed by atoms with Gasteiger partial charge in [0.05, 0.1) is 0 Å². The maximum Gasteiger partial charge on any atom is 0.00104 e. The van der Waals surface area contributed by atoms with Crippen molar-refractivity contribution in [2.75, 3.05) is 6.54 Å². The summed E-state index contributed by atoms with van der Waals surface area (Å²) in [6.07, 6.45) is 8.48. The van der Waals surface area contributed by atoms with Gasteiger partial charge in [0.2, 0.25) is 0 Å². The number of nitrogens with one attached hydrogen (secondary N) is 1. The standard InChI is InChI=1S/C16H27NS/c1-13(2)17-11-16(15-5-3-4-6-15)8-7-14-9-10-18-12-14/h9-10,12-13,15-17H,3-8,11H2,1-2H3. The smallest absolute Gasteiger partial charge is 0.00104 e. The Labute approximate surface area is 116 Å². The zero-order chi connectivity index (χ0) is 12.8. The van der Waals surface area contributed by atoms with Crippen LogP contribution in [0, 0.1) is 11.8 Å². The minimum absolute atomic E-state index is 0.620. The highest BCUT2D eigenvalue weighted by molar-refractivity contribution is 7.07. The van der Waals surface area contributed by atoms with E-state index >= 15 is 0 Å². The van der Waals surface area contributed by atoms with Crippen molar-refractivity contribution in [2.24, 2.45) is 11.8 Å². The van der Waals surface area contributed by atoms with Crippen LogP contribution in [-0.2, 0) is 6.42 Å². The molecule has 18 heavy (non-hydrogen) atoms. The van der Waals surface area contributed by atoms with Gasteiger partial charge >= 0.3 is 0 Å². The molecule has 0 radical (unpaired) electrons. The van der Waals surface area contributed by atoms with Crippen LogP contribution in [0.1, 0.15) is 51.5 Å². The van der Waals surface area contributed by atoms with Crippen LogP contribution in [0.15, 0.2) is 16.8 Å². The van der Waals surface area contributed by atoms with Crippen molar-refractivity contribution in [3.05, 3.63) is 22.4 Å². The minimum atomic E-state index is 0.620. The number of thiophene rings is 1. The molecule has 1 aromatic heterocycles. The summed E-state index contributed by atoms with van der Waals surface area (Å²) in [5.41, 5.74) is 1.53. The zero-order valence-electron chi connectivity index (χ0n) is 11.8. The van der Waals surface area contributed by atoms with Gasteiger partial charge in [0, 0.05) is 6.04 Å². The molecule has 102 valence electrons. The van der Waals surface area contributed by atoms with Crippen LogP contribution in [0.5, 0.6) is 0 Å². The largest absolute Gasteiger partial charge is 0.314 e. The van der Waals surface area contributed by atoms with Crippen LogP contribution in [-0.4, -0.2) is 12.6 Å². The topological polar surface area (TPSA) is 12.0 Å². The third-order valence-electron chi connectivity index (χ3n) is 4.24. The molecule has 0 amide bonds. The van der Waals surface area contributed by atoms with E-state index in [0.717, 1.165) is 11.8 Å². The van der Waals surface area contributed by atoms with E-state index in [1.807, 2.05) is 11.3 Å². The van der Waals surface area contributed by atoms with Gasteiger partial charge in [0.25, 0.3) is 0 Å². The monoisotopic (exact) mass is 265 g/mol. The maximum atomic E-state index is 3.66. The van der Waals surface area contributed by atoms with Crippen LogP contribution < -0.4 is 5.32 Å². The van der Waals surface area contributed by atoms with Crippen molar-refractivity contribution in [1.82, 2.24) is 5.32 Å². The molecular formula is C16H27NS. The molecule has 1 nitrogen and oxygen atoms in total. The summed E-state index contributed by atoms with van der Waals surface area (Å²) in [6, 6.07) is 2.90. The highest BCUT2D eigenvalue weighted by Crippen LogP contribution is 2.33. The quantitative estimate of drug-likeness (QED) is 0.766. The van der Waals surface area contributed by atoms with Gasteiger partial charge in [-0.1, -0.05) is 39.5 Å². The van der Waals surface area contributed by atoms with Crippen molar-refractivity contribution in [3.63, 3.8) is 0 Å². The Kier molecular flexibility index (Phi) is 5.71. The number of hydrogen-bond acceptors (Lipinski definition) is 2. The summed E-state index contributed by atoms with van der Waals surface area (Å²) >= 11 is 1.83. The van der Waals surface area contributed by atoms with E-state index in [1.54, 1.807) is 0 Å². The van der Waals surface area contributed by atoms with Crippen LogP contribution in [0.3, 0.4) is 0 Å². The Hall–Kier alpha value is -0.340. The van der Waals surface area contributed by atoms with Gasteiger partial charge in [0.15, 0.2) is 0 Å². The van der Waals surface area contributed by atoms with Crippen molar-refractivity contribution < 1.29 is 0 Å². The van der Waals surface area contributed by atoms with Crippen molar-refractivity contribution in [2.45, 2.75) is 58.4 Å². The predicted octanol–water partition coefficient (Wildman–Crippen LogP) is 4.49. The van der Waals surface area contributed by atoms with Gasteiger partial charge in [-0.25, -0.2) is 0 Å². The van der Waals surface area contributed by atoms with E-state index in [1.165, 1.54) is 50.6 Å². The Morgan fingerprint density at radius 2 is 2.11 bits per heavy atom. The predicted molar refractivity (Wildman–Crippen MR) is 81.2 cm³/mol. The Morgan fingerprint density at radius 3 is 2.72 bits per heavy atom. The lowest BCUT2D eigenvalue weighted by atomic mass is 9.86. The van der Waals surface area contributed by atoms with Crippen LogP contribution in [0.4, 0.5) is 0 Å². The van der Waals surface area contributed by atoms with Crippen molar-refractivity contribution in [3.8, 4) is 0 Å². The fraction of sp³-hybridized carbons (Fsp3) is 0.750. The molecule has 1 atom stereocenters. The summed E-state index contributed by atoms with van der Waals surface area (Å²) in [7, 11) is 0. The molecule has 0 aliphatic heterocycles. The van der Waals surface area contributed by atoms with Gasteiger partial charge in [-0.05, 0) is 53.6 Å². The molecule has 1 fully saturated rings. The lowest BCUT2D eigenvalue weighted by Crippen LogP contribution is -2.32. The molecule has 1 saturated carbocycles. The van der Waals surface area contributed by atoms with Gasteiger partial charge in [0.1, 0.15) is 0 Å².